The predicted octanol–water partition coefficient (Wildman–Crippen LogP) is 3.70. The van der Waals surface area contributed by atoms with Gasteiger partial charge < -0.3 is 15.1 Å². The van der Waals surface area contributed by atoms with Crippen LogP contribution in [0.5, 0.6) is 0 Å². The molecule has 1 aliphatic carbocycles. The van der Waals surface area contributed by atoms with Crippen molar-refractivity contribution in [2.75, 3.05) is 18.9 Å². The lowest BCUT2D eigenvalue weighted by Crippen LogP contribution is -2.53. The Hall–Kier alpha value is -3.67. The lowest BCUT2D eigenvalue weighted by Gasteiger charge is -2.33. The number of nitrogens with zero attached hydrogens (tertiary/aromatic N) is 2. The Labute approximate surface area is 219 Å². The summed E-state index contributed by atoms with van der Waals surface area (Å²) in [5.41, 5.74) is 0.928. The van der Waals surface area contributed by atoms with Gasteiger partial charge in [-0.2, -0.15) is 17.6 Å². The molecular formula is C25H23ClF4N4O4. The summed E-state index contributed by atoms with van der Waals surface area (Å²) in [6.07, 6.45) is 0.454. The standard InChI is InChI=1S/C25H23ClF4N4O4/c1-14(15-6-4-3-5-7-15)34(21(37)24(27,28)25(26,29)30)13-19(35)31-18-9-8-16-11-23(12-17(16)10-18)20(36)32-22(38)33(23)2/h3-10,14H,11-13H2,1-2H3,(H,31,35)(H,32,36,38)/t14-,23+/m1/s1. The number of nitrogens with one attached hydrogen (secondary N) is 2. The minimum absolute atomic E-state index is 0.187. The number of carbonyl (C=O) groups is 4. The van der Waals surface area contributed by atoms with Crippen LogP contribution in [0.25, 0.3) is 0 Å². The van der Waals surface area contributed by atoms with Gasteiger partial charge in [0.05, 0.1) is 6.04 Å². The highest BCUT2D eigenvalue weighted by Gasteiger charge is 2.63. The molecule has 38 heavy (non-hydrogen) atoms. The summed E-state index contributed by atoms with van der Waals surface area (Å²) in [4.78, 5) is 51.5. The number of carbonyl (C=O) groups excluding carboxylic acids is 4. The molecule has 1 aliphatic heterocycles. The van der Waals surface area contributed by atoms with Gasteiger partial charge in [-0.3, -0.25) is 19.7 Å². The molecule has 1 heterocycles. The van der Waals surface area contributed by atoms with Crippen LogP contribution in [0.4, 0.5) is 28.0 Å². The smallest absolute Gasteiger partial charge is 0.325 e. The zero-order valence-electron chi connectivity index (χ0n) is 20.2. The summed E-state index contributed by atoms with van der Waals surface area (Å²) < 4.78 is 55.3. The van der Waals surface area contributed by atoms with Gasteiger partial charge in [-0.1, -0.05) is 36.4 Å². The van der Waals surface area contributed by atoms with Crippen LogP contribution in [-0.4, -0.2) is 64.0 Å². The van der Waals surface area contributed by atoms with Crippen molar-refractivity contribution in [3.05, 3.63) is 65.2 Å². The molecule has 4 rings (SSSR count). The van der Waals surface area contributed by atoms with Crippen LogP contribution in [0, 0.1) is 0 Å². The molecule has 0 radical (unpaired) electrons. The lowest BCUT2D eigenvalue weighted by atomic mass is 9.95. The van der Waals surface area contributed by atoms with Crippen molar-refractivity contribution < 1.29 is 36.7 Å². The third kappa shape index (κ3) is 4.68. The molecule has 1 fully saturated rings. The molecule has 1 spiro atoms. The van der Waals surface area contributed by atoms with E-state index >= 15 is 0 Å². The second-order valence-electron chi connectivity index (χ2n) is 9.33. The van der Waals surface area contributed by atoms with E-state index in [0.29, 0.717) is 16.0 Å². The summed E-state index contributed by atoms with van der Waals surface area (Å²) in [5.74, 6) is -8.94. The van der Waals surface area contributed by atoms with Gasteiger partial charge in [0.15, 0.2) is 0 Å². The Balaban J connectivity index is 1.54. The molecule has 0 bridgehead atoms. The third-order valence-electron chi connectivity index (χ3n) is 6.99. The van der Waals surface area contributed by atoms with E-state index < -0.39 is 53.2 Å². The minimum Gasteiger partial charge on any atom is -0.325 e. The SMILES string of the molecule is C[C@H](c1ccccc1)N(CC(=O)Nc1ccc2c(c1)C[C@@]1(C2)C(=O)NC(=O)N1C)C(=O)C(F)(F)C(F)(F)Cl. The van der Waals surface area contributed by atoms with Crippen molar-refractivity contribution in [1.82, 2.24) is 15.1 Å². The fraction of sp³-hybridized carbons (Fsp3) is 0.360. The van der Waals surface area contributed by atoms with E-state index in [-0.39, 0.29) is 18.5 Å². The largest absolute Gasteiger partial charge is 0.401 e. The summed E-state index contributed by atoms with van der Waals surface area (Å²) in [5, 5.41) is -0.413. The van der Waals surface area contributed by atoms with Gasteiger partial charge in [0.25, 0.3) is 5.91 Å². The molecule has 2 atom stereocenters. The second-order valence-corrected chi connectivity index (χ2v) is 9.80. The summed E-state index contributed by atoms with van der Waals surface area (Å²) in [6.45, 7) is 0.348. The highest BCUT2D eigenvalue weighted by atomic mass is 35.5. The molecule has 0 aromatic heterocycles. The van der Waals surface area contributed by atoms with Gasteiger partial charge in [0, 0.05) is 25.6 Å². The highest BCUT2D eigenvalue weighted by molar-refractivity contribution is 6.24. The maximum Gasteiger partial charge on any atom is 0.401 e. The molecular weight excluding hydrogens is 532 g/mol. The van der Waals surface area contributed by atoms with E-state index in [0.717, 1.165) is 5.56 Å². The van der Waals surface area contributed by atoms with Crippen LogP contribution in [-0.2, 0) is 27.2 Å². The maximum atomic E-state index is 14.2. The highest BCUT2D eigenvalue weighted by Crippen LogP contribution is 2.41. The first-order valence-electron chi connectivity index (χ1n) is 11.5. The molecule has 202 valence electrons. The van der Waals surface area contributed by atoms with Gasteiger partial charge in [0.1, 0.15) is 12.1 Å². The normalized spacial score (nSPS) is 19.8. The van der Waals surface area contributed by atoms with Gasteiger partial charge in [-0.25, -0.2) is 4.79 Å². The fourth-order valence-corrected chi connectivity index (χ4v) is 4.81. The van der Waals surface area contributed by atoms with Gasteiger partial charge in [-0.15, -0.1) is 0 Å². The Morgan fingerprint density at radius 2 is 1.74 bits per heavy atom. The zero-order valence-corrected chi connectivity index (χ0v) is 21.0. The summed E-state index contributed by atoms with van der Waals surface area (Å²) in [6, 6.07) is 10.8. The number of halogens is 5. The van der Waals surface area contributed by atoms with Gasteiger partial charge in [0.2, 0.25) is 5.91 Å². The monoisotopic (exact) mass is 554 g/mol. The van der Waals surface area contributed by atoms with Crippen molar-refractivity contribution >= 4 is 41.0 Å². The first-order valence-corrected chi connectivity index (χ1v) is 11.9. The fourth-order valence-electron chi connectivity index (χ4n) is 4.73. The van der Waals surface area contributed by atoms with Crippen LogP contribution in [0.2, 0.25) is 0 Å². The second kappa shape index (κ2) is 9.57. The van der Waals surface area contributed by atoms with E-state index in [2.05, 4.69) is 22.2 Å². The van der Waals surface area contributed by atoms with Crippen molar-refractivity contribution in [3.63, 3.8) is 0 Å². The number of likely N-dealkylation sites (N-methyl/N-ethyl adjacent to an activating group) is 1. The third-order valence-corrected chi connectivity index (χ3v) is 7.23. The molecule has 8 nitrogen and oxygen atoms in total. The molecule has 0 unspecified atom stereocenters. The number of benzene rings is 2. The first-order chi connectivity index (χ1) is 17.7. The van der Waals surface area contributed by atoms with Crippen molar-refractivity contribution in [2.45, 2.75) is 42.7 Å². The number of hydrogen-bond acceptors (Lipinski definition) is 4. The number of fused-ring (bicyclic) bond motifs is 1. The van der Waals surface area contributed by atoms with E-state index in [1.165, 1.54) is 37.1 Å². The minimum atomic E-state index is -5.27. The average Bonchev–Trinajstić information content (AvgIpc) is 3.34. The number of alkyl halides is 5. The average molecular weight is 555 g/mol. The Kier molecular flexibility index (Phi) is 6.89. The van der Waals surface area contributed by atoms with Crippen LogP contribution in [0.1, 0.15) is 29.7 Å². The Morgan fingerprint density at radius 1 is 1.11 bits per heavy atom. The molecule has 2 aromatic carbocycles. The topological polar surface area (TPSA) is 98.8 Å². The van der Waals surface area contributed by atoms with Gasteiger partial charge >= 0.3 is 23.2 Å². The van der Waals surface area contributed by atoms with Crippen LogP contribution < -0.4 is 10.6 Å². The van der Waals surface area contributed by atoms with E-state index in [4.69, 9.17) is 0 Å². The van der Waals surface area contributed by atoms with Crippen LogP contribution in [0.15, 0.2) is 48.5 Å². The molecule has 2 aliphatic rings. The van der Waals surface area contributed by atoms with Gasteiger partial charge in [-0.05, 0) is 47.3 Å². The van der Waals surface area contributed by atoms with Crippen LogP contribution >= 0.6 is 11.6 Å². The van der Waals surface area contributed by atoms with E-state index in [9.17, 15) is 36.7 Å². The Morgan fingerprint density at radius 3 is 2.32 bits per heavy atom. The maximum absolute atomic E-state index is 14.2. The molecule has 5 amide bonds. The Bertz CT molecular complexity index is 1300. The lowest BCUT2D eigenvalue weighted by molar-refractivity contribution is -0.193. The molecule has 13 heteroatoms. The quantitative estimate of drug-likeness (QED) is 0.310. The zero-order chi connectivity index (χ0) is 28.0. The van der Waals surface area contributed by atoms with Crippen LogP contribution in [0.3, 0.4) is 0 Å². The molecule has 0 saturated carbocycles. The number of amides is 5. The molecule has 2 N–H and O–H groups in total. The van der Waals surface area contributed by atoms with Crippen molar-refractivity contribution in [2.24, 2.45) is 0 Å². The summed E-state index contributed by atoms with van der Waals surface area (Å²) >= 11 is 4.53. The van der Waals surface area contributed by atoms with E-state index in [1.807, 2.05) is 0 Å². The molecule has 1 saturated heterocycles. The number of anilines is 1. The number of imide groups is 1. The van der Waals surface area contributed by atoms with Crippen molar-refractivity contribution in [3.8, 4) is 0 Å². The molecule has 2 aromatic rings. The van der Waals surface area contributed by atoms with E-state index in [1.54, 1.807) is 30.3 Å². The number of hydrogen-bond donors (Lipinski definition) is 2. The number of urea groups is 1. The number of rotatable bonds is 7. The predicted molar refractivity (Wildman–Crippen MR) is 129 cm³/mol. The summed E-state index contributed by atoms with van der Waals surface area (Å²) in [7, 11) is 1.51. The first kappa shape index (κ1) is 27.4. The van der Waals surface area contributed by atoms with Crippen molar-refractivity contribution in [1.29, 1.82) is 0 Å².